The van der Waals surface area contributed by atoms with Crippen molar-refractivity contribution < 1.29 is 19.1 Å². The highest BCUT2D eigenvalue weighted by atomic mass is 35.5. The Labute approximate surface area is 164 Å². The molecule has 0 fully saturated rings. The third-order valence-corrected chi connectivity index (χ3v) is 4.09. The zero-order chi connectivity index (χ0) is 19.1. The summed E-state index contributed by atoms with van der Waals surface area (Å²) in [4.78, 5) is 23.1. The molecule has 6 nitrogen and oxygen atoms in total. The minimum absolute atomic E-state index is 0.235. The number of halogens is 3. The van der Waals surface area contributed by atoms with Crippen molar-refractivity contribution in [3.63, 3.8) is 0 Å². The highest BCUT2D eigenvalue weighted by Crippen LogP contribution is 2.33. The summed E-state index contributed by atoms with van der Waals surface area (Å²) >= 11 is 17.6. The van der Waals surface area contributed by atoms with Crippen LogP contribution in [0.2, 0.25) is 15.1 Å². The molecule has 0 saturated carbocycles. The monoisotopic (exact) mass is 414 g/mol. The summed E-state index contributed by atoms with van der Waals surface area (Å²) in [5.41, 5.74) is 3.41. The number of ether oxygens (including phenoxy) is 2. The first-order chi connectivity index (χ1) is 12.4. The largest absolute Gasteiger partial charge is 0.482 e. The number of hydrogen-bond acceptors (Lipinski definition) is 5. The maximum atomic E-state index is 11.7. The van der Waals surface area contributed by atoms with Crippen LogP contribution in [0.1, 0.15) is 15.9 Å². The molecule has 0 bridgehead atoms. The quantitative estimate of drug-likeness (QED) is 0.335. The van der Waals surface area contributed by atoms with Gasteiger partial charge in [0, 0.05) is 6.07 Å². The Kier molecular flexibility index (Phi) is 7.26. The number of carbonyl (C=O) groups is 2. The Bertz CT molecular complexity index is 839. The molecule has 0 atom stereocenters. The van der Waals surface area contributed by atoms with E-state index in [2.05, 4.69) is 15.3 Å². The zero-order valence-corrected chi connectivity index (χ0v) is 15.7. The van der Waals surface area contributed by atoms with Gasteiger partial charge in [-0.2, -0.15) is 5.10 Å². The van der Waals surface area contributed by atoms with Crippen LogP contribution in [0, 0.1) is 0 Å². The molecule has 0 radical (unpaired) electrons. The van der Waals surface area contributed by atoms with Crippen molar-refractivity contribution in [3.8, 4) is 5.75 Å². The second-order valence-electron chi connectivity index (χ2n) is 4.89. The number of hydrogen-bond donors (Lipinski definition) is 1. The predicted molar refractivity (Wildman–Crippen MR) is 100 cm³/mol. The summed E-state index contributed by atoms with van der Waals surface area (Å²) in [5, 5.41) is 4.59. The van der Waals surface area contributed by atoms with Crippen molar-refractivity contribution in [2.75, 3.05) is 13.7 Å². The van der Waals surface area contributed by atoms with E-state index in [0.29, 0.717) is 11.1 Å². The van der Waals surface area contributed by atoms with E-state index < -0.39 is 11.9 Å². The van der Waals surface area contributed by atoms with Gasteiger partial charge in [0.2, 0.25) is 0 Å². The van der Waals surface area contributed by atoms with Gasteiger partial charge in [0.1, 0.15) is 5.75 Å². The second-order valence-corrected chi connectivity index (χ2v) is 6.11. The molecule has 1 N–H and O–H groups in total. The summed E-state index contributed by atoms with van der Waals surface area (Å²) in [7, 11) is 1.31. The molecule has 0 saturated heterocycles. The SMILES string of the molecule is COC(=O)c1ccc(C=NNC(=O)COc2cc(Cl)c(Cl)cc2Cl)cc1. The lowest BCUT2D eigenvalue weighted by Crippen LogP contribution is -2.24. The van der Waals surface area contributed by atoms with Gasteiger partial charge in [0.25, 0.3) is 5.91 Å². The molecule has 9 heteroatoms. The number of nitrogens with one attached hydrogen (secondary N) is 1. The number of esters is 1. The molecule has 0 aromatic heterocycles. The van der Waals surface area contributed by atoms with E-state index in [4.69, 9.17) is 39.5 Å². The van der Waals surface area contributed by atoms with Gasteiger partial charge in [-0.25, -0.2) is 10.2 Å². The molecule has 2 aromatic carbocycles. The molecule has 2 rings (SSSR count). The lowest BCUT2D eigenvalue weighted by atomic mass is 10.1. The van der Waals surface area contributed by atoms with E-state index in [1.807, 2.05) is 0 Å². The van der Waals surface area contributed by atoms with Gasteiger partial charge >= 0.3 is 5.97 Å². The van der Waals surface area contributed by atoms with Gasteiger partial charge < -0.3 is 9.47 Å². The predicted octanol–water partition coefficient (Wildman–Crippen LogP) is 3.96. The molecule has 136 valence electrons. The lowest BCUT2D eigenvalue weighted by molar-refractivity contribution is -0.123. The fourth-order valence-corrected chi connectivity index (χ4v) is 2.38. The van der Waals surface area contributed by atoms with Crippen LogP contribution in [-0.2, 0) is 9.53 Å². The number of rotatable bonds is 6. The van der Waals surface area contributed by atoms with Crippen LogP contribution in [0.3, 0.4) is 0 Å². The van der Waals surface area contributed by atoms with Crippen LogP contribution in [0.4, 0.5) is 0 Å². The summed E-state index contributed by atoms with van der Waals surface area (Å²) in [6, 6.07) is 9.34. The number of methoxy groups -OCH3 is 1. The second kappa shape index (κ2) is 9.43. The third kappa shape index (κ3) is 5.62. The van der Waals surface area contributed by atoms with E-state index in [1.54, 1.807) is 24.3 Å². The Morgan fingerprint density at radius 2 is 1.73 bits per heavy atom. The first-order valence-electron chi connectivity index (χ1n) is 7.18. The summed E-state index contributed by atoms with van der Waals surface area (Å²) in [6.07, 6.45) is 1.42. The average Bonchev–Trinajstić information content (AvgIpc) is 2.63. The molecule has 26 heavy (non-hydrogen) atoms. The maximum Gasteiger partial charge on any atom is 0.337 e. The van der Waals surface area contributed by atoms with Crippen molar-refractivity contribution in [1.29, 1.82) is 0 Å². The molecular formula is C17H13Cl3N2O4. The normalized spacial score (nSPS) is 10.6. The van der Waals surface area contributed by atoms with E-state index in [9.17, 15) is 9.59 Å². The number of carbonyl (C=O) groups excluding carboxylic acids is 2. The van der Waals surface area contributed by atoms with Crippen molar-refractivity contribution in [2.24, 2.45) is 5.10 Å². The van der Waals surface area contributed by atoms with Crippen LogP contribution in [-0.4, -0.2) is 31.8 Å². The molecule has 0 aliphatic carbocycles. The highest BCUT2D eigenvalue weighted by Gasteiger charge is 2.09. The maximum absolute atomic E-state index is 11.7. The molecule has 0 unspecified atom stereocenters. The standard InChI is InChI=1S/C17H13Cl3N2O4/c1-25-17(24)11-4-2-10(3-5-11)8-21-22-16(23)9-26-15-7-13(19)12(18)6-14(15)20/h2-8H,9H2,1H3,(H,22,23). The number of amides is 1. The third-order valence-electron chi connectivity index (χ3n) is 3.07. The van der Waals surface area contributed by atoms with Gasteiger partial charge in [-0.15, -0.1) is 0 Å². The van der Waals surface area contributed by atoms with Crippen molar-refractivity contribution in [3.05, 3.63) is 62.6 Å². The first kappa shape index (κ1) is 20.0. The van der Waals surface area contributed by atoms with Crippen LogP contribution < -0.4 is 10.2 Å². The fourth-order valence-electron chi connectivity index (χ4n) is 1.79. The number of hydrazone groups is 1. The van der Waals surface area contributed by atoms with Crippen molar-refractivity contribution in [1.82, 2.24) is 5.43 Å². The van der Waals surface area contributed by atoms with Crippen LogP contribution in [0.25, 0.3) is 0 Å². The van der Waals surface area contributed by atoms with Gasteiger partial charge in [0.05, 0.1) is 34.0 Å². The molecule has 0 aliphatic rings. The van der Waals surface area contributed by atoms with Crippen LogP contribution in [0.15, 0.2) is 41.5 Å². The average molecular weight is 416 g/mol. The summed E-state index contributed by atoms with van der Waals surface area (Å²) in [5.74, 6) is -0.687. The molecule has 0 aliphatic heterocycles. The minimum Gasteiger partial charge on any atom is -0.482 e. The first-order valence-corrected chi connectivity index (χ1v) is 8.31. The molecular weight excluding hydrogens is 403 g/mol. The van der Waals surface area contributed by atoms with Crippen molar-refractivity contribution in [2.45, 2.75) is 0 Å². The molecule has 0 heterocycles. The van der Waals surface area contributed by atoms with E-state index in [1.165, 1.54) is 25.5 Å². The summed E-state index contributed by atoms with van der Waals surface area (Å²) < 4.78 is 9.89. The van der Waals surface area contributed by atoms with Crippen LogP contribution >= 0.6 is 34.8 Å². The van der Waals surface area contributed by atoms with Crippen molar-refractivity contribution >= 4 is 52.9 Å². The molecule has 1 amide bonds. The summed E-state index contributed by atoms with van der Waals surface area (Å²) in [6.45, 7) is -0.309. The van der Waals surface area contributed by atoms with Gasteiger partial charge in [0.15, 0.2) is 6.61 Å². The van der Waals surface area contributed by atoms with Gasteiger partial charge in [-0.1, -0.05) is 46.9 Å². The van der Waals surface area contributed by atoms with E-state index in [0.717, 1.165) is 0 Å². The Balaban J connectivity index is 1.86. The topological polar surface area (TPSA) is 77.0 Å². The Morgan fingerprint density at radius 3 is 2.38 bits per heavy atom. The van der Waals surface area contributed by atoms with Gasteiger partial charge in [-0.3, -0.25) is 4.79 Å². The Hall–Kier alpha value is -2.28. The smallest absolute Gasteiger partial charge is 0.337 e. The highest BCUT2D eigenvalue weighted by molar-refractivity contribution is 6.43. The fraction of sp³-hybridized carbons (Fsp3) is 0.118. The number of nitrogens with zero attached hydrogens (tertiary/aromatic N) is 1. The van der Waals surface area contributed by atoms with E-state index in [-0.39, 0.29) is 27.4 Å². The Morgan fingerprint density at radius 1 is 1.08 bits per heavy atom. The zero-order valence-electron chi connectivity index (χ0n) is 13.5. The lowest BCUT2D eigenvalue weighted by Gasteiger charge is -2.08. The van der Waals surface area contributed by atoms with E-state index >= 15 is 0 Å². The van der Waals surface area contributed by atoms with Gasteiger partial charge in [-0.05, 0) is 23.8 Å². The molecule has 2 aromatic rings. The molecule has 0 spiro atoms. The van der Waals surface area contributed by atoms with Crippen LogP contribution in [0.5, 0.6) is 5.75 Å². The number of benzene rings is 2. The minimum atomic E-state index is -0.491.